The van der Waals surface area contributed by atoms with E-state index in [1.165, 1.54) is 10.6 Å². The summed E-state index contributed by atoms with van der Waals surface area (Å²) in [7, 11) is 1.59. The number of anilines is 1. The van der Waals surface area contributed by atoms with Gasteiger partial charge in [-0.2, -0.15) is 0 Å². The van der Waals surface area contributed by atoms with Gasteiger partial charge >= 0.3 is 5.69 Å². The Morgan fingerprint density at radius 3 is 2.63 bits per heavy atom. The third kappa shape index (κ3) is 3.95. The smallest absolute Gasteiger partial charge is 0.328 e. The minimum atomic E-state index is -0.422. The summed E-state index contributed by atoms with van der Waals surface area (Å²) in [5.74, 6) is 0.688. The van der Waals surface area contributed by atoms with Gasteiger partial charge < -0.3 is 14.6 Å². The molecule has 0 bridgehead atoms. The normalized spacial score (nSPS) is 18.0. The Hall–Kier alpha value is -2.87. The van der Waals surface area contributed by atoms with Gasteiger partial charge in [0, 0.05) is 49.7 Å². The lowest BCUT2D eigenvalue weighted by atomic mass is 10.1. The molecule has 1 atom stereocenters. The summed E-state index contributed by atoms with van der Waals surface area (Å²) in [5, 5.41) is 0. The lowest BCUT2D eigenvalue weighted by molar-refractivity contribution is -0.125. The number of methoxy groups -OCH3 is 1. The molecule has 1 fully saturated rings. The number of hydrogen-bond donors (Lipinski definition) is 1. The predicted molar refractivity (Wildman–Crippen MR) is 102 cm³/mol. The summed E-state index contributed by atoms with van der Waals surface area (Å²) < 4.78 is 6.40. The van der Waals surface area contributed by atoms with Crippen LogP contribution >= 0.6 is 0 Å². The Morgan fingerprint density at radius 2 is 1.93 bits per heavy atom. The first-order valence-electron chi connectivity index (χ1n) is 8.91. The van der Waals surface area contributed by atoms with Crippen molar-refractivity contribution >= 4 is 11.6 Å². The number of piperazine rings is 1. The molecule has 8 heteroatoms. The Morgan fingerprint density at radius 1 is 1.15 bits per heavy atom. The maximum Gasteiger partial charge on any atom is 0.328 e. The molecule has 8 nitrogen and oxygen atoms in total. The van der Waals surface area contributed by atoms with Gasteiger partial charge in [-0.05, 0) is 26.0 Å². The molecule has 27 heavy (non-hydrogen) atoms. The maximum atomic E-state index is 12.8. The minimum Gasteiger partial charge on any atom is -0.497 e. The number of amides is 1. The molecular formula is C19H24N4O4. The molecule has 1 aliphatic rings. The van der Waals surface area contributed by atoms with Gasteiger partial charge in [0.1, 0.15) is 5.75 Å². The number of hydrogen-bond acceptors (Lipinski definition) is 5. The van der Waals surface area contributed by atoms with E-state index in [-0.39, 0.29) is 24.1 Å². The SMILES string of the molecule is COc1cccc(N2CCN(CCn3c(=O)cc(C)[nH]c3=O)C(C)C2=O)c1. The number of carbonyl (C=O) groups is 1. The van der Waals surface area contributed by atoms with Gasteiger partial charge in [-0.25, -0.2) is 4.79 Å². The van der Waals surface area contributed by atoms with E-state index in [1.54, 1.807) is 18.9 Å². The standard InChI is InChI=1S/C19H24N4O4/c1-13-11-17(24)23(19(26)20-13)10-8-21-7-9-22(18(25)14(21)2)15-5-4-6-16(12-15)27-3/h4-6,11-12,14H,7-10H2,1-3H3,(H,20,26). The molecule has 1 unspecified atom stereocenters. The van der Waals surface area contributed by atoms with Crippen molar-refractivity contribution in [2.75, 3.05) is 31.6 Å². The van der Waals surface area contributed by atoms with Crippen molar-refractivity contribution in [2.45, 2.75) is 26.4 Å². The number of H-pyrrole nitrogens is 1. The number of benzene rings is 1. The molecular weight excluding hydrogens is 348 g/mol. The zero-order valence-corrected chi connectivity index (χ0v) is 15.8. The lowest BCUT2D eigenvalue weighted by Gasteiger charge is -2.39. The molecule has 144 valence electrons. The third-order valence-electron chi connectivity index (χ3n) is 4.91. The second-order valence-corrected chi connectivity index (χ2v) is 6.65. The van der Waals surface area contributed by atoms with E-state index < -0.39 is 5.69 Å². The van der Waals surface area contributed by atoms with Gasteiger partial charge in [0.05, 0.1) is 13.2 Å². The molecule has 1 aromatic heterocycles. The van der Waals surface area contributed by atoms with Gasteiger partial charge in [0.2, 0.25) is 5.91 Å². The molecule has 1 amide bonds. The van der Waals surface area contributed by atoms with Crippen molar-refractivity contribution in [1.82, 2.24) is 14.5 Å². The van der Waals surface area contributed by atoms with E-state index in [4.69, 9.17) is 4.74 Å². The Kier molecular flexibility index (Phi) is 5.46. The van der Waals surface area contributed by atoms with Crippen LogP contribution in [0, 0.1) is 6.92 Å². The molecule has 1 aromatic carbocycles. The summed E-state index contributed by atoms with van der Waals surface area (Å²) in [6.07, 6.45) is 0. The number of aromatic amines is 1. The summed E-state index contributed by atoms with van der Waals surface area (Å²) in [6.45, 7) is 5.40. The van der Waals surface area contributed by atoms with Crippen LogP contribution in [0.25, 0.3) is 0 Å². The van der Waals surface area contributed by atoms with Crippen LogP contribution in [0.1, 0.15) is 12.6 Å². The number of carbonyl (C=O) groups excluding carboxylic acids is 1. The lowest BCUT2D eigenvalue weighted by Crippen LogP contribution is -2.57. The number of rotatable bonds is 5. The highest BCUT2D eigenvalue weighted by Crippen LogP contribution is 2.24. The zero-order valence-electron chi connectivity index (χ0n) is 15.8. The average Bonchev–Trinajstić information content (AvgIpc) is 2.64. The highest BCUT2D eigenvalue weighted by Gasteiger charge is 2.32. The second-order valence-electron chi connectivity index (χ2n) is 6.65. The third-order valence-corrected chi connectivity index (χ3v) is 4.91. The first-order valence-corrected chi connectivity index (χ1v) is 8.91. The molecule has 2 aromatic rings. The number of aromatic nitrogens is 2. The Balaban J connectivity index is 1.70. The van der Waals surface area contributed by atoms with Crippen LogP contribution in [0.3, 0.4) is 0 Å². The fraction of sp³-hybridized carbons (Fsp3) is 0.421. The highest BCUT2D eigenvalue weighted by atomic mass is 16.5. The number of aryl methyl sites for hydroxylation is 1. The van der Waals surface area contributed by atoms with E-state index in [2.05, 4.69) is 4.98 Å². The number of nitrogens with one attached hydrogen (secondary N) is 1. The molecule has 1 aliphatic heterocycles. The zero-order chi connectivity index (χ0) is 19.6. The van der Waals surface area contributed by atoms with Crippen LogP contribution in [0.5, 0.6) is 5.75 Å². The van der Waals surface area contributed by atoms with E-state index >= 15 is 0 Å². The van der Waals surface area contributed by atoms with E-state index in [0.29, 0.717) is 31.1 Å². The van der Waals surface area contributed by atoms with Gasteiger partial charge in [0.25, 0.3) is 5.56 Å². The van der Waals surface area contributed by atoms with Gasteiger partial charge in [0.15, 0.2) is 0 Å². The molecule has 0 saturated carbocycles. The summed E-state index contributed by atoms with van der Waals surface area (Å²) in [4.78, 5) is 43.2. The van der Waals surface area contributed by atoms with Crippen molar-refractivity contribution in [2.24, 2.45) is 0 Å². The van der Waals surface area contributed by atoms with Crippen LogP contribution in [0.2, 0.25) is 0 Å². The molecule has 0 radical (unpaired) electrons. The molecule has 0 spiro atoms. The molecule has 2 heterocycles. The number of ether oxygens (including phenoxy) is 1. The molecule has 1 saturated heterocycles. The van der Waals surface area contributed by atoms with E-state index in [0.717, 1.165) is 5.69 Å². The van der Waals surface area contributed by atoms with Crippen LogP contribution in [-0.4, -0.2) is 53.1 Å². The monoisotopic (exact) mass is 372 g/mol. The number of nitrogens with zero attached hydrogens (tertiary/aromatic N) is 3. The van der Waals surface area contributed by atoms with E-state index in [1.807, 2.05) is 36.1 Å². The quantitative estimate of drug-likeness (QED) is 0.830. The van der Waals surface area contributed by atoms with Crippen LogP contribution in [-0.2, 0) is 11.3 Å². The van der Waals surface area contributed by atoms with Crippen LogP contribution < -0.4 is 20.9 Å². The molecule has 1 N–H and O–H groups in total. The van der Waals surface area contributed by atoms with Crippen LogP contribution in [0.4, 0.5) is 5.69 Å². The van der Waals surface area contributed by atoms with Crippen molar-refractivity contribution in [3.05, 3.63) is 56.9 Å². The van der Waals surface area contributed by atoms with Crippen molar-refractivity contribution in [1.29, 1.82) is 0 Å². The minimum absolute atomic E-state index is 0.0142. The van der Waals surface area contributed by atoms with E-state index in [9.17, 15) is 14.4 Å². The fourth-order valence-electron chi connectivity index (χ4n) is 3.33. The van der Waals surface area contributed by atoms with Crippen molar-refractivity contribution in [3.63, 3.8) is 0 Å². The van der Waals surface area contributed by atoms with Crippen molar-refractivity contribution < 1.29 is 9.53 Å². The summed E-state index contributed by atoms with van der Waals surface area (Å²) in [5.41, 5.74) is 0.591. The summed E-state index contributed by atoms with van der Waals surface area (Å²) in [6, 6.07) is 8.47. The van der Waals surface area contributed by atoms with Crippen LogP contribution in [0.15, 0.2) is 39.9 Å². The average molecular weight is 372 g/mol. The maximum absolute atomic E-state index is 12.8. The molecule has 3 rings (SSSR count). The Labute approximate surface area is 157 Å². The predicted octanol–water partition coefficient (Wildman–Crippen LogP) is 0.591. The first kappa shape index (κ1) is 18.9. The summed E-state index contributed by atoms with van der Waals surface area (Å²) >= 11 is 0. The highest BCUT2D eigenvalue weighted by molar-refractivity contribution is 5.97. The second kappa shape index (κ2) is 7.79. The van der Waals surface area contributed by atoms with Crippen molar-refractivity contribution in [3.8, 4) is 5.75 Å². The largest absolute Gasteiger partial charge is 0.497 e. The van der Waals surface area contributed by atoms with Gasteiger partial charge in [-0.1, -0.05) is 6.07 Å². The molecule has 0 aliphatic carbocycles. The first-order chi connectivity index (χ1) is 12.9. The van der Waals surface area contributed by atoms with Gasteiger partial charge in [-0.3, -0.25) is 19.1 Å². The van der Waals surface area contributed by atoms with Gasteiger partial charge in [-0.15, -0.1) is 0 Å². The topological polar surface area (TPSA) is 87.6 Å². The fourth-order valence-corrected chi connectivity index (χ4v) is 3.33. The Bertz CT molecular complexity index is 918.